The van der Waals surface area contributed by atoms with E-state index in [4.69, 9.17) is 11.6 Å². The van der Waals surface area contributed by atoms with E-state index in [1.165, 1.54) is 0 Å². The average molecular weight is 187 g/mol. The van der Waals surface area contributed by atoms with Crippen molar-refractivity contribution in [2.45, 2.75) is 6.92 Å². The maximum Gasteiger partial charge on any atom is 0.194 e. The summed E-state index contributed by atoms with van der Waals surface area (Å²) in [5.74, 6) is -0.519. The van der Waals surface area contributed by atoms with E-state index < -0.39 is 12.5 Å². The van der Waals surface area contributed by atoms with Crippen molar-refractivity contribution >= 4 is 17.4 Å². The Hall–Kier alpha value is -0.890. The van der Waals surface area contributed by atoms with Gasteiger partial charge in [0.05, 0.1) is 0 Å². The van der Waals surface area contributed by atoms with Gasteiger partial charge in [0.25, 0.3) is 0 Å². The third-order valence-corrected chi connectivity index (χ3v) is 2.10. The summed E-state index contributed by atoms with van der Waals surface area (Å²) < 4.78 is 12.0. The lowest BCUT2D eigenvalue weighted by atomic mass is 10.1. The van der Waals surface area contributed by atoms with Crippen LogP contribution in [0.15, 0.2) is 18.2 Å². The monoisotopic (exact) mass is 186 g/mol. The summed E-state index contributed by atoms with van der Waals surface area (Å²) >= 11 is 5.74. The lowest BCUT2D eigenvalue weighted by Gasteiger charge is -2.02. The van der Waals surface area contributed by atoms with Crippen LogP contribution in [0.1, 0.15) is 15.9 Å². The molecule has 0 saturated heterocycles. The molecule has 64 valence electrons. The van der Waals surface area contributed by atoms with Crippen LogP contribution in [0.5, 0.6) is 0 Å². The minimum atomic E-state index is -0.971. The van der Waals surface area contributed by atoms with Crippen LogP contribution in [-0.2, 0) is 0 Å². The zero-order valence-corrected chi connectivity index (χ0v) is 7.36. The second-order valence-electron chi connectivity index (χ2n) is 2.47. The summed E-state index contributed by atoms with van der Waals surface area (Å²) in [4.78, 5) is 11.0. The molecule has 0 aromatic heterocycles. The molecule has 0 unspecified atom stereocenters. The Balaban J connectivity index is 3.16. The van der Waals surface area contributed by atoms with Crippen LogP contribution in [-0.4, -0.2) is 12.5 Å². The molecule has 0 N–H and O–H groups in total. The molecule has 0 atom stereocenters. The lowest BCUT2D eigenvalue weighted by molar-refractivity contribution is 0.0958. The molecule has 0 aliphatic rings. The molecule has 1 aromatic rings. The van der Waals surface area contributed by atoms with Crippen molar-refractivity contribution < 1.29 is 9.18 Å². The van der Waals surface area contributed by atoms with Crippen LogP contribution < -0.4 is 0 Å². The largest absolute Gasteiger partial charge is 0.291 e. The minimum absolute atomic E-state index is 0.366. The van der Waals surface area contributed by atoms with Crippen molar-refractivity contribution in [1.29, 1.82) is 0 Å². The molecule has 0 radical (unpaired) electrons. The van der Waals surface area contributed by atoms with Gasteiger partial charge in [-0.05, 0) is 18.6 Å². The molecule has 0 bridgehead atoms. The second-order valence-corrected chi connectivity index (χ2v) is 2.88. The van der Waals surface area contributed by atoms with Gasteiger partial charge in [-0.2, -0.15) is 0 Å². The molecule has 0 spiro atoms. The number of halogens is 2. The van der Waals surface area contributed by atoms with Gasteiger partial charge in [0.1, 0.15) is 0 Å². The summed E-state index contributed by atoms with van der Waals surface area (Å²) in [5.41, 5.74) is 1.01. The van der Waals surface area contributed by atoms with Crippen molar-refractivity contribution in [2.75, 3.05) is 6.67 Å². The normalized spacial score (nSPS) is 9.92. The highest BCUT2D eigenvalue weighted by Crippen LogP contribution is 2.18. The van der Waals surface area contributed by atoms with Gasteiger partial charge in [-0.1, -0.05) is 23.7 Å². The molecular weight excluding hydrogens is 179 g/mol. The van der Waals surface area contributed by atoms with E-state index >= 15 is 0 Å². The van der Waals surface area contributed by atoms with Crippen molar-refractivity contribution in [2.24, 2.45) is 0 Å². The Labute approximate surface area is 75.2 Å². The van der Waals surface area contributed by atoms with Crippen LogP contribution in [0.25, 0.3) is 0 Å². The zero-order chi connectivity index (χ0) is 9.14. The number of hydrogen-bond donors (Lipinski definition) is 0. The maximum atomic E-state index is 12.0. The molecule has 0 saturated carbocycles. The number of carbonyl (C=O) groups is 1. The van der Waals surface area contributed by atoms with Crippen molar-refractivity contribution in [3.8, 4) is 0 Å². The zero-order valence-electron chi connectivity index (χ0n) is 6.60. The molecule has 0 heterocycles. The fourth-order valence-corrected chi connectivity index (χ4v) is 1.16. The van der Waals surface area contributed by atoms with Gasteiger partial charge >= 0.3 is 0 Å². The number of benzene rings is 1. The van der Waals surface area contributed by atoms with E-state index in [2.05, 4.69) is 0 Å². The van der Waals surface area contributed by atoms with Gasteiger partial charge in [-0.25, -0.2) is 4.39 Å². The van der Waals surface area contributed by atoms with Gasteiger partial charge in [0.2, 0.25) is 0 Å². The van der Waals surface area contributed by atoms with E-state index in [-0.39, 0.29) is 0 Å². The first-order chi connectivity index (χ1) is 5.66. The Morgan fingerprint density at radius 3 is 2.83 bits per heavy atom. The average Bonchev–Trinajstić information content (AvgIpc) is 2.08. The maximum absolute atomic E-state index is 12.0. The third kappa shape index (κ3) is 1.64. The van der Waals surface area contributed by atoms with Crippen LogP contribution in [0.4, 0.5) is 4.39 Å². The van der Waals surface area contributed by atoms with E-state index in [1.54, 1.807) is 25.1 Å². The number of alkyl halides is 1. The summed E-state index contributed by atoms with van der Waals surface area (Å²) in [7, 11) is 0. The smallest absolute Gasteiger partial charge is 0.194 e. The van der Waals surface area contributed by atoms with Gasteiger partial charge in [0, 0.05) is 10.6 Å². The number of hydrogen-bond acceptors (Lipinski definition) is 1. The highest BCUT2D eigenvalue weighted by Gasteiger charge is 2.09. The van der Waals surface area contributed by atoms with Gasteiger partial charge in [0.15, 0.2) is 12.5 Å². The molecule has 0 aliphatic heterocycles. The van der Waals surface area contributed by atoms with Gasteiger partial charge in [-0.3, -0.25) is 4.79 Å². The molecule has 0 amide bonds. The first-order valence-electron chi connectivity index (χ1n) is 3.51. The van der Waals surface area contributed by atoms with E-state index in [0.717, 1.165) is 0 Å². The predicted octanol–water partition coefficient (Wildman–Crippen LogP) is 2.80. The topological polar surface area (TPSA) is 17.1 Å². The third-order valence-electron chi connectivity index (χ3n) is 1.69. The molecule has 1 rings (SSSR count). The first-order valence-corrected chi connectivity index (χ1v) is 3.89. The lowest BCUT2D eigenvalue weighted by Crippen LogP contribution is -2.03. The van der Waals surface area contributed by atoms with Crippen molar-refractivity contribution in [3.63, 3.8) is 0 Å². The quantitative estimate of drug-likeness (QED) is 0.650. The van der Waals surface area contributed by atoms with Crippen molar-refractivity contribution in [1.82, 2.24) is 0 Å². The molecule has 0 aliphatic carbocycles. The summed E-state index contributed by atoms with van der Waals surface area (Å²) in [5, 5.41) is 0.495. The molecule has 3 heteroatoms. The van der Waals surface area contributed by atoms with Gasteiger partial charge < -0.3 is 0 Å². The first kappa shape index (κ1) is 9.20. The Morgan fingerprint density at radius 1 is 1.58 bits per heavy atom. The number of Topliss-reactive ketones (excluding diaryl/α,β-unsaturated/α-hetero) is 1. The fraction of sp³-hybridized carbons (Fsp3) is 0.222. The van der Waals surface area contributed by atoms with E-state index in [1.807, 2.05) is 0 Å². The van der Waals surface area contributed by atoms with Gasteiger partial charge in [-0.15, -0.1) is 0 Å². The van der Waals surface area contributed by atoms with Crippen LogP contribution >= 0.6 is 11.6 Å². The predicted molar refractivity (Wildman–Crippen MR) is 46.5 cm³/mol. The Morgan fingerprint density at radius 2 is 2.25 bits per heavy atom. The number of rotatable bonds is 2. The van der Waals surface area contributed by atoms with E-state index in [0.29, 0.717) is 16.1 Å². The molecule has 12 heavy (non-hydrogen) atoms. The van der Waals surface area contributed by atoms with Crippen LogP contribution in [0.3, 0.4) is 0 Å². The Kier molecular flexibility index (Phi) is 2.82. The Bertz CT molecular complexity index is 309. The number of ketones is 1. The fourth-order valence-electron chi connectivity index (χ4n) is 0.982. The minimum Gasteiger partial charge on any atom is -0.291 e. The highest BCUT2D eigenvalue weighted by atomic mass is 35.5. The highest BCUT2D eigenvalue weighted by molar-refractivity contribution is 6.31. The summed E-state index contributed by atoms with van der Waals surface area (Å²) in [6.45, 7) is 0.729. The van der Waals surface area contributed by atoms with Crippen molar-refractivity contribution in [3.05, 3.63) is 34.3 Å². The SMILES string of the molecule is Cc1c(Cl)cccc1C(=O)CF. The summed E-state index contributed by atoms with van der Waals surface area (Å²) in [6, 6.07) is 4.88. The molecule has 1 aromatic carbocycles. The molecule has 0 fully saturated rings. The summed E-state index contributed by atoms with van der Waals surface area (Å²) in [6.07, 6.45) is 0. The second kappa shape index (κ2) is 3.68. The molecular formula is C9H8ClFO. The van der Waals surface area contributed by atoms with E-state index in [9.17, 15) is 9.18 Å². The van der Waals surface area contributed by atoms with Crippen LogP contribution in [0, 0.1) is 6.92 Å². The molecule has 1 nitrogen and oxygen atoms in total. The van der Waals surface area contributed by atoms with Crippen LogP contribution in [0.2, 0.25) is 5.02 Å². The number of carbonyl (C=O) groups excluding carboxylic acids is 1. The standard InChI is InChI=1S/C9H8ClFO/c1-6-7(9(12)5-11)3-2-4-8(6)10/h2-4H,5H2,1H3.